The summed E-state index contributed by atoms with van der Waals surface area (Å²) in [5.74, 6) is 0. The number of benzene rings is 1. The lowest BCUT2D eigenvalue weighted by atomic mass is 10.00. The van der Waals surface area contributed by atoms with Gasteiger partial charge in [-0.3, -0.25) is 15.2 Å². The van der Waals surface area contributed by atoms with Crippen LogP contribution in [0.2, 0.25) is 0 Å². The second-order valence-electron chi connectivity index (χ2n) is 9.44. The molecule has 2 fully saturated rings. The minimum absolute atomic E-state index is 0.0689. The molecular weight excluding hydrogens is 434 g/mol. The van der Waals surface area contributed by atoms with E-state index in [4.69, 9.17) is 4.74 Å². The van der Waals surface area contributed by atoms with Crippen molar-refractivity contribution in [1.82, 2.24) is 25.0 Å². The van der Waals surface area contributed by atoms with Crippen LogP contribution in [-0.2, 0) is 24.2 Å². The zero-order valence-electron chi connectivity index (χ0n) is 19.3. The van der Waals surface area contributed by atoms with Gasteiger partial charge in [-0.1, -0.05) is 30.3 Å². The third-order valence-electron chi connectivity index (χ3n) is 6.84. The van der Waals surface area contributed by atoms with E-state index in [1.807, 2.05) is 12.1 Å². The number of hydrogen-bond donors (Lipinski definition) is 3. The lowest BCUT2D eigenvalue weighted by molar-refractivity contribution is -0.0321. The van der Waals surface area contributed by atoms with Crippen molar-refractivity contribution >= 4 is 6.03 Å². The van der Waals surface area contributed by atoms with Crippen LogP contribution in [0.3, 0.4) is 0 Å². The van der Waals surface area contributed by atoms with Gasteiger partial charge in [0.2, 0.25) is 0 Å². The van der Waals surface area contributed by atoms with E-state index in [0.717, 1.165) is 25.2 Å². The molecule has 34 heavy (non-hydrogen) atoms. The van der Waals surface area contributed by atoms with Crippen LogP contribution in [0.4, 0.5) is 4.79 Å². The van der Waals surface area contributed by atoms with Gasteiger partial charge in [0.15, 0.2) is 0 Å². The first-order valence-corrected chi connectivity index (χ1v) is 12.0. The second kappa shape index (κ2) is 10.4. The van der Waals surface area contributed by atoms with Crippen molar-refractivity contribution in [2.75, 3.05) is 45.9 Å². The van der Waals surface area contributed by atoms with Crippen molar-refractivity contribution in [2.45, 2.75) is 37.9 Å². The number of hydrogen-bond acceptors (Lipinski definition) is 7. The van der Waals surface area contributed by atoms with Crippen molar-refractivity contribution in [3.8, 4) is 0 Å². The van der Waals surface area contributed by atoms with E-state index in [-0.39, 0.29) is 12.1 Å². The van der Waals surface area contributed by atoms with Gasteiger partial charge in [0.1, 0.15) is 6.23 Å². The van der Waals surface area contributed by atoms with Crippen LogP contribution < -0.4 is 5.32 Å². The molecule has 1 aromatic carbocycles. The Morgan fingerprint density at radius 1 is 1.03 bits per heavy atom. The summed E-state index contributed by atoms with van der Waals surface area (Å²) in [5.41, 5.74) is 4.17. The topological polar surface area (TPSA) is 101 Å². The molecule has 182 valence electrons. The fraction of sp³-hybridized carbons (Fsp3) is 0.520. The van der Waals surface area contributed by atoms with Gasteiger partial charge in [-0.25, -0.2) is 4.79 Å². The van der Waals surface area contributed by atoms with Gasteiger partial charge in [0.05, 0.1) is 37.6 Å². The van der Waals surface area contributed by atoms with E-state index in [1.165, 1.54) is 11.1 Å². The van der Waals surface area contributed by atoms with Gasteiger partial charge in [0, 0.05) is 51.0 Å². The fourth-order valence-corrected chi connectivity index (χ4v) is 4.81. The Morgan fingerprint density at radius 3 is 2.56 bits per heavy atom. The molecule has 0 radical (unpaired) electrons. The third kappa shape index (κ3) is 5.39. The third-order valence-corrected chi connectivity index (χ3v) is 6.84. The molecule has 5 rings (SSSR count). The predicted molar refractivity (Wildman–Crippen MR) is 126 cm³/mol. The minimum Gasteiger partial charge on any atom is -0.390 e. The number of aliphatic hydroxyl groups excluding tert-OH is 2. The Kier molecular flexibility index (Phi) is 7.07. The molecule has 1 unspecified atom stereocenters. The van der Waals surface area contributed by atoms with Crippen molar-refractivity contribution < 1.29 is 19.7 Å². The van der Waals surface area contributed by atoms with Crippen LogP contribution in [0.1, 0.15) is 28.6 Å². The largest absolute Gasteiger partial charge is 0.390 e. The number of aromatic nitrogens is 1. The average molecular weight is 468 g/mol. The number of pyridine rings is 1. The fourth-order valence-electron chi connectivity index (χ4n) is 4.81. The lowest BCUT2D eigenvalue weighted by Crippen LogP contribution is -2.47. The number of nitrogens with one attached hydrogen (secondary N) is 1. The number of ether oxygens (including phenoxy) is 1. The molecule has 0 spiro atoms. The standard InChI is InChI=1S/C25H33N5O4/c31-23(14-28-8-7-18-3-1-2-4-20(18)12-28)15-30-10-9-29(25(30)33)13-21-6-5-19(11-26-21)24(32)27-22-16-34-17-22/h1-6,11,22-24,27,31-32H,7-10,12-17H2/t23-,24?/m1/s1. The number of β-amino-alcohol motifs (C(OH)–C–C–N with tert-alkyl or cyclic N) is 1. The van der Waals surface area contributed by atoms with Gasteiger partial charge in [-0.15, -0.1) is 0 Å². The highest BCUT2D eigenvalue weighted by atomic mass is 16.5. The summed E-state index contributed by atoms with van der Waals surface area (Å²) in [6.45, 7) is 5.50. The molecule has 3 N–H and O–H groups in total. The molecule has 9 nitrogen and oxygen atoms in total. The molecule has 9 heteroatoms. The molecule has 3 aliphatic heterocycles. The molecule has 2 atom stereocenters. The molecule has 2 saturated heterocycles. The highest BCUT2D eigenvalue weighted by Crippen LogP contribution is 2.20. The lowest BCUT2D eigenvalue weighted by Gasteiger charge is -2.31. The molecule has 0 aliphatic carbocycles. The molecule has 4 heterocycles. The minimum atomic E-state index is -0.783. The number of rotatable bonds is 9. The van der Waals surface area contributed by atoms with Gasteiger partial charge in [0.25, 0.3) is 0 Å². The summed E-state index contributed by atoms with van der Waals surface area (Å²) >= 11 is 0. The van der Waals surface area contributed by atoms with Gasteiger partial charge in [-0.05, 0) is 23.6 Å². The summed E-state index contributed by atoms with van der Waals surface area (Å²) in [4.78, 5) is 23.1. The summed E-state index contributed by atoms with van der Waals surface area (Å²) in [5, 5.41) is 24.0. The summed E-state index contributed by atoms with van der Waals surface area (Å²) < 4.78 is 5.11. The SMILES string of the molecule is O=C1N(Cc2ccc(C(O)NC3COC3)cn2)CCN1C[C@H](O)CN1CCc2ccccc2C1. The maximum Gasteiger partial charge on any atom is 0.320 e. The number of amides is 2. The molecule has 1 aromatic heterocycles. The number of fused-ring (bicyclic) bond motifs is 1. The smallest absolute Gasteiger partial charge is 0.320 e. The average Bonchev–Trinajstić information content (AvgIpc) is 3.15. The van der Waals surface area contributed by atoms with Gasteiger partial charge < -0.3 is 24.7 Å². The normalized spacial score (nSPS) is 20.8. The Morgan fingerprint density at radius 2 is 1.82 bits per heavy atom. The Hall–Kier alpha value is -2.56. The predicted octanol–water partition coefficient (Wildman–Crippen LogP) is 0.718. The van der Waals surface area contributed by atoms with E-state index >= 15 is 0 Å². The Labute approximate surface area is 199 Å². The number of urea groups is 1. The number of carbonyl (C=O) groups is 1. The zero-order valence-corrected chi connectivity index (χ0v) is 19.3. The van der Waals surface area contributed by atoms with Crippen molar-refractivity contribution in [3.05, 3.63) is 65.0 Å². The summed E-state index contributed by atoms with van der Waals surface area (Å²) in [7, 11) is 0. The molecule has 2 aromatic rings. The summed E-state index contributed by atoms with van der Waals surface area (Å²) in [6, 6.07) is 12.2. The monoisotopic (exact) mass is 467 g/mol. The van der Waals surface area contributed by atoms with Crippen LogP contribution in [0.25, 0.3) is 0 Å². The van der Waals surface area contributed by atoms with Crippen LogP contribution in [0.5, 0.6) is 0 Å². The van der Waals surface area contributed by atoms with E-state index in [9.17, 15) is 15.0 Å². The number of aliphatic hydroxyl groups is 2. The molecule has 0 bridgehead atoms. The van der Waals surface area contributed by atoms with E-state index in [2.05, 4.69) is 39.5 Å². The molecular formula is C25H33N5O4. The second-order valence-corrected chi connectivity index (χ2v) is 9.44. The Bertz CT molecular complexity index is 984. The highest BCUT2D eigenvalue weighted by Gasteiger charge is 2.31. The zero-order chi connectivity index (χ0) is 23.5. The quantitative estimate of drug-likeness (QED) is 0.467. The van der Waals surface area contributed by atoms with Crippen LogP contribution in [-0.4, -0.2) is 94.0 Å². The van der Waals surface area contributed by atoms with E-state index in [0.29, 0.717) is 51.5 Å². The maximum absolute atomic E-state index is 12.9. The van der Waals surface area contributed by atoms with Crippen LogP contribution >= 0.6 is 0 Å². The highest BCUT2D eigenvalue weighted by molar-refractivity contribution is 5.76. The van der Waals surface area contributed by atoms with Gasteiger partial charge >= 0.3 is 6.03 Å². The number of carbonyl (C=O) groups excluding carboxylic acids is 1. The summed E-state index contributed by atoms with van der Waals surface area (Å²) in [6.07, 6.45) is 1.27. The van der Waals surface area contributed by atoms with E-state index < -0.39 is 12.3 Å². The van der Waals surface area contributed by atoms with Crippen LogP contribution in [0, 0.1) is 0 Å². The van der Waals surface area contributed by atoms with Crippen molar-refractivity contribution in [1.29, 1.82) is 0 Å². The van der Waals surface area contributed by atoms with E-state index in [1.54, 1.807) is 16.0 Å². The van der Waals surface area contributed by atoms with Crippen LogP contribution in [0.15, 0.2) is 42.6 Å². The first-order valence-electron chi connectivity index (χ1n) is 12.0. The number of nitrogens with zero attached hydrogens (tertiary/aromatic N) is 4. The van der Waals surface area contributed by atoms with Crippen molar-refractivity contribution in [2.24, 2.45) is 0 Å². The first-order chi connectivity index (χ1) is 16.5. The molecule has 3 aliphatic rings. The molecule has 0 saturated carbocycles. The van der Waals surface area contributed by atoms with Crippen molar-refractivity contribution in [3.63, 3.8) is 0 Å². The Balaban J connectivity index is 1.08. The maximum atomic E-state index is 12.9. The van der Waals surface area contributed by atoms with Gasteiger partial charge in [-0.2, -0.15) is 0 Å². The molecule has 2 amide bonds. The first kappa shape index (κ1) is 23.2.